The van der Waals surface area contributed by atoms with Gasteiger partial charge in [-0.05, 0) is 54.7 Å². The van der Waals surface area contributed by atoms with Crippen molar-refractivity contribution in [1.29, 1.82) is 0 Å². The van der Waals surface area contributed by atoms with Crippen LogP contribution in [0.15, 0.2) is 48.8 Å². The maximum Gasteiger partial charge on any atom is 0.353 e. The number of benzene rings is 2. The maximum absolute atomic E-state index is 11.9. The predicted molar refractivity (Wildman–Crippen MR) is 109 cm³/mol. The van der Waals surface area contributed by atoms with Crippen LogP contribution in [0.1, 0.15) is 22.3 Å². The summed E-state index contributed by atoms with van der Waals surface area (Å²) in [5, 5.41) is 15.0. The molecule has 0 spiro atoms. The van der Waals surface area contributed by atoms with Crippen LogP contribution < -0.4 is 10.2 Å². The van der Waals surface area contributed by atoms with Gasteiger partial charge in [-0.3, -0.25) is 10.1 Å². The molecule has 142 valence electrons. The van der Waals surface area contributed by atoms with E-state index in [1.54, 1.807) is 0 Å². The lowest BCUT2D eigenvalue weighted by Gasteiger charge is -2.29. The molecule has 2 aromatic carbocycles. The molecule has 3 aromatic rings. The van der Waals surface area contributed by atoms with Gasteiger partial charge in [-0.25, -0.2) is 9.97 Å². The van der Waals surface area contributed by atoms with Gasteiger partial charge in [-0.15, -0.1) is 0 Å². The van der Waals surface area contributed by atoms with Crippen LogP contribution in [0, 0.1) is 24.0 Å². The third-order valence-corrected chi connectivity index (χ3v) is 4.90. The van der Waals surface area contributed by atoms with Gasteiger partial charge in [0.1, 0.15) is 6.33 Å². The van der Waals surface area contributed by atoms with Crippen LogP contribution in [0.4, 0.5) is 23.0 Å². The highest BCUT2D eigenvalue weighted by Gasteiger charge is 2.29. The molecule has 0 unspecified atom stereocenters. The molecule has 0 bridgehead atoms. The lowest BCUT2D eigenvalue weighted by atomic mass is 10.00. The summed E-state index contributed by atoms with van der Waals surface area (Å²) in [6.45, 7) is 5.25. The summed E-state index contributed by atoms with van der Waals surface area (Å²) in [7, 11) is 0. The molecule has 1 aromatic heterocycles. The highest BCUT2D eigenvalue weighted by Crippen LogP contribution is 2.36. The molecule has 1 aliphatic rings. The van der Waals surface area contributed by atoms with Gasteiger partial charge in [0.25, 0.3) is 0 Å². The molecule has 0 atom stereocenters. The number of fused-ring (bicyclic) bond motifs is 1. The average Bonchev–Trinajstić information content (AvgIpc) is 2.66. The molecule has 0 fully saturated rings. The highest BCUT2D eigenvalue weighted by atomic mass is 16.6. The van der Waals surface area contributed by atoms with E-state index in [1.807, 2.05) is 43.0 Å². The van der Waals surface area contributed by atoms with Gasteiger partial charge in [-0.1, -0.05) is 30.3 Å². The monoisotopic (exact) mass is 375 g/mol. The molecule has 28 heavy (non-hydrogen) atoms. The zero-order valence-corrected chi connectivity index (χ0v) is 15.8. The van der Waals surface area contributed by atoms with E-state index < -0.39 is 4.92 Å². The molecule has 0 aliphatic carbocycles. The summed E-state index contributed by atoms with van der Waals surface area (Å²) in [5.41, 5.74) is 5.28. The fraction of sp³-hybridized carbons (Fsp3) is 0.238. The SMILES string of the molecule is Cc1cc(C)cc(Nc2ncnc(N3CCc4ccccc4C3)c2[N+](=O)[O-])c1. The summed E-state index contributed by atoms with van der Waals surface area (Å²) in [6, 6.07) is 14.1. The Morgan fingerprint density at radius 2 is 1.79 bits per heavy atom. The van der Waals surface area contributed by atoms with Crippen molar-refractivity contribution in [2.45, 2.75) is 26.8 Å². The third kappa shape index (κ3) is 3.51. The number of aromatic nitrogens is 2. The maximum atomic E-state index is 11.9. The van der Waals surface area contributed by atoms with Crippen molar-refractivity contribution in [3.8, 4) is 0 Å². The van der Waals surface area contributed by atoms with Gasteiger partial charge in [-0.2, -0.15) is 0 Å². The van der Waals surface area contributed by atoms with Crippen molar-refractivity contribution in [2.24, 2.45) is 0 Å². The molecule has 1 N–H and O–H groups in total. The van der Waals surface area contributed by atoms with Crippen molar-refractivity contribution in [3.05, 3.63) is 81.2 Å². The fourth-order valence-electron chi connectivity index (χ4n) is 3.72. The summed E-state index contributed by atoms with van der Waals surface area (Å²) >= 11 is 0. The lowest BCUT2D eigenvalue weighted by molar-refractivity contribution is -0.383. The van der Waals surface area contributed by atoms with Crippen molar-refractivity contribution in [3.63, 3.8) is 0 Å². The Morgan fingerprint density at radius 1 is 1.07 bits per heavy atom. The fourth-order valence-corrected chi connectivity index (χ4v) is 3.72. The normalized spacial score (nSPS) is 13.1. The smallest absolute Gasteiger partial charge is 0.346 e. The second-order valence-electron chi connectivity index (χ2n) is 7.09. The molecule has 2 heterocycles. The largest absolute Gasteiger partial charge is 0.353 e. The minimum Gasteiger partial charge on any atom is -0.346 e. The van der Waals surface area contributed by atoms with Gasteiger partial charge in [0.05, 0.1) is 4.92 Å². The zero-order chi connectivity index (χ0) is 19.7. The molecule has 0 radical (unpaired) electrons. The summed E-state index contributed by atoms with van der Waals surface area (Å²) < 4.78 is 0. The van der Waals surface area contributed by atoms with Crippen LogP contribution in [-0.4, -0.2) is 21.4 Å². The molecule has 1 aliphatic heterocycles. The van der Waals surface area contributed by atoms with Gasteiger partial charge >= 0.3 is 5.69 Å². The molecule has 7 heteroatoms. The summed E-state index contributed by atoms with van der Waals surface area (Å²) in [5.74, 6) is 0.556. The number of nitrogens with one attached hydrogen (secondary N) is 1. The van der Waals surface area contributed by atoms with Crippen LogP contribution in [-0.2, 0) is 13.0 Å². The first-order valence-corrected chi connectivity index (χ1v) is 9.17. The second-order valence-corrected chi connectivity index (χ2v) is 7.09. The number of anilines is 3. The Morgan fingerprint density at radius 3 is 2.50 bits per heavy atom. The van der Waals surface area contributed by atoms with Crippen molar-refractivity contribution in [1.82, 2.24) is 9.97 Å². The minimum atomic E-state index is -0.402. The number of hydrogen-bond acceptors (Lipinski definition) is 6. The lowest BCUT2D eigenvalue weighted by Crippen LogP contribution is -2.31. The quantitative estimate of drug-likeness (QED) is 0.540. The highest BCUT2D eigenvalue weighted by molar-refractivity contribution is 5.75. The van der Waals surface area contributed by atoms with E-state index in [0.29, 0.717) is 18.9 Å². The molecular formula is C21H21N5O2. The third-order valence-electron chi connectivity index (χ3n) is 4.90. The number of hydrogen-bond donors (Lipinski definition) is 1. The Hall–Kier alpha value is -3.48. The molecule has 0 saturated carbocycles. The summed E-state index contributed by atoms with van der Waals surface area (Å²) in [4.78, 5) is 21.9. The first-order valence-electron chi connectivity index (χ1n) is 9.17. The van der Waals surface area contributed by atoms with Crippen LogP contribution in [0.5, 0.6) is 0 Å². The first-order chi connectivity index (χ1) is 13.5. The standard InChI is InChI=1S/C21H21N5O2/c1-14-9-15(2)11-18(10-14)24-20-19(26(27)28)21(23-13-22-20)25-8-7-16-5-3-4-6-17(16)12-25/h3-6,9-11,13H,7-8,12H2,1-2H3,(H,22,23,24). The molecular weight excluding hydrogens is 354 g/mol. The Labute approximate surface area is 163 Å². The number of nitrogens with zero attached hydrogens (tertiary/aromatic N) is 4. The molecule has 7 nitrogen and oxygen atoms in total. The van der Waals surface area contributed by atoms with E-state index in [4.69, 9.17) is 0 Å². The average molecular weight is 375 g/mol. The van der Waals surface area contributed by atoms with Crippen LogP contribution in [0.2, 0.25) is 0 Å². The van der Waals surface area contributed by atoms with E-state index in [2.05, 4.69) is 33.5 Å². The van der Waals surface area contributed by atoms with Gasteiger partial charge < -0.3 is 10.2 Å². The van der Waals surface area contributed by atoms with Crippen molar-refractivity contribution in [2.75, 3.05) is 16.8 Å². The van der Waals surface area contributed by atoms with Crippen LogP contribution in [0.25, 0.3) is 0 Å². The Bertz CT molecular complexity index is 1030. The van der Waals surface area contributed by atoms with E-state index in [-0.39, 0.29) is 11.5 Å². The van der Waals surface area contributed by atoms with Crippen molar-refractivity contribution < 1.29 is 4.92 Å². The zero-order valence-electron chi connectivity index (χ0n) is 15.8. The topological polar surface area (TPSA) is 84.2 Å². The minimum absolute atomic E-state index is 0.0963. The van der Waals surface area contributed by atoms with Gasteiger partial charge in [0.2, 0.25) is 11.6 Å². The van der Waals surface area contributed by atoms with E-state index in [9.17, 15) is 10.1 Å². The molecule has 0 saturated heterocycles. The predicted octanol–water partition coefficient (Wildman–Crippen LogP) is 4.31. The van der Waals surface area contributed by atoms with E-state index in [0.717, 1.165) is 23.2 Å². The van der Waals surface area contributed by atoms with Gasteiger partial charge in [0, 0.05) is 18.8 Å². The Balaban J connectivity index is 1.71. The number of rotatable bonds is 4. The first kappa shape index (κ1) is 17.9. The van der Waals surface area contributed by atoms with Crippen LogP contribution >= 0.6 is 0 Å². The number of nitro groups is 1. The van der Waals surface area contributed by atoms with Gasteiger partial charge in [0.15, 0.2) is 0 Å². The van der Waals surface area contributed by atoms with Crippen molar-refractivity contribution >= 4 is 23.0 Å². The Kier molecular flexibility index (Phi) is 4.65. The second kappa shape index (κ2) is 7.26. The van der Waals surface area contributed by atoms with E-state index in [1.165, 1.54) is 17.5 Å². The molecule has 0 amide bonds. The summed E-state index contributed by atoms with van der Waals surface area (Å²) in [6.07, 6.45) is 2.21. The molecule has 4 rings (SSSR count). The number of aryl methyl sites for hydroxylation is 2. The van der Waals surface area contributed by atoms with E-state index >= 15 is 0 Å². The van der Waals surface area contributed by atoms with Crippen LogP contribution in [0.3, 0.4) is 0 Å².